The van der Waals surface area contributed by atoms with Crippen molar-refractivity contribution in [1.29, 1.82) is 0 Å². The number of para-hydroxylation sites is 2. The van der Waals surface area contributed by atoms with Gasteiger partial charge in [-0.25, -0.2) is 9.48 Å². The number of amides is 1. The number of carbonyl (C=O) groups excluding carboxylic acids is 2. The van der Waals surface area contributed by atoms with Crippen molar-refractivity contribution in [3.8, 4) is 5.69 Å². The molecule has 3 aromatic rings. The molecule has 0 atom stereocenters. The Bertz CT molecular complexity index is 1010. The van der Waals surface area contributed by atoms with Crippen molar-refractivity contribution in [2.45, 2.75) is 19.8 Å². The summed E-state index contributed by atoms with van der Waals surface area (Å²) in [5, 5.41) is 4.27. The average molecular weight is 375 g/mol. The molecule has 28 heavy (non-hydrogen) atoms. The van der Waals surface area contributed by atoms with Crippen LogP contribution in [0.1, 0.15) is 28.0 Å². The van der Waals surface area contributed by atoms with Crippen molar-refractivity contribution in [3.05, 3.63) is 77.6 Å². The van der Waals surface area contributed by atoms with E-state index in [4.69, 9.17) is 4.74 Å². The quantitative estimate of drug-likeness (QED) is 0.656. The SMILES string of the molecule is Cc1c(C(=O)OCC(=O)N2CCCc3ccccc32)cnn1-c1ccccc1. The van der Waals surface area contributed by atoms with Gasteiger partial charge in [-0.15, -0.1) is 0 Å². The highest BCUT2D eigenvalue weighted by molar-refractivity contribution is 5.98. The summed E-state index contributed by atoms with van der Waals surface area (Å²) in [5.74, 6) is -0.757. The van der Waals surface area contributed by atoms with E-state index in [9.17, 15) is 9.59 Å². The van der Waals surface area contributed by atoms with Gasteiger partial charge in [-0.3, -0.25) is 4.79 Å². The fraction of sp³-hybridized carbons (Fsp3) is 0.227. The van der Waals surface area contributed by atoms with Crippen LogP contribution in [0.5, 0.6) is 0 Å². The van der Waals surface area contributed by atoms with Crippen LogP contribution < -0.4 is 4.90 Å². The molecule has 0 radical (unpaired) electrons. The Hall–Kier alpha value is -3.41. The number of aryl methyl sites for hydroxylation is 1. The molecule has 6 nitrogen and oxygen atoms in total. The highest BCUT2D eigenvalue weighted by Gasteiger charge is 2.24. The number of hydrogen-bond donors (Lipinski definition) is 0. The topological polar surface area (TPSA) is 64.4 Å². The van der Waals surface area contributed by atoms with Crippen LogP contribution >= 0.6 is 0 Å². The lowest BCUT2D eigenvalue weighted by Crippen LogP contribution is -2.38. The highest BCUT2D eigenvalue weighted by Crippen LogP contribution is 2.26. The van der Waals surface area contributed by atoms with Crippen LogP contribution in [0.25, 0.3) is 5.69 Å². The third kappa shape index (κ3) is 3.41. The van der Waals surface area contributed by atoms with Gasteiger partial charge in [0, 0.05) is 12.2 Å². The molecule has 1 aromatic heterocycles. The van der Waals surface area contributed by atoms with Crippen LogP contribution in [-0.4, -0.2) is 34.8 Å². The number of anilines is 1. The first kappa shape index (κ1) is 18.0. The van der Waals surface area contributed by atoms with Gasteiger partial charge in [0.05, 0.1) is 17.6 Å². The number of carbonyl (C=O) groups is 2. The van der Waals surface area contributed by atoms with E-state index in [1.165, 1.54) is 6.20 Å². The first-order chi connectivity index (χ1) is 13.6. The van der Waals surface area contributed by atoms with Crippen molar-refractivity contribution in [2.75, 3.05) is 18.1 Å². The molecule has 4 rings (SSSR count). The highest BCUT2D eigenvalue weighted by atomic mass is 16.5. The number of aromatic nitrogens is 2. The second-order valence-electron chi connectivity index (χ2n) is 6.74. The molecule has 2 heterocycles. The molecule has 0 fully saturated rings. The van der Waals surface area contributed by atoms with Crippen LogP contribution in [0.4, 0.5) is 5.69 Å². The Morgan fingerprint density at radius 2 is 1.82 bits per heavy atom. The second-order valence-corrected chi connectivity index (χ2v) is 6.74. The number of benzene rings is 2. The molecule has 0 saturated heterocycles. The molecule has 1 aliphatic rings. The lowest BCUT2D eigenvalue weighted by Gasteiger charge is -2.29. The van der Waals surface area contributed by atoms with Crippen molar-refractivity contribution in [3.63, 3.8) is 0 Å². The third-order valence-electron chi connectivity index (χ3n) is 4.97. The third-order valence-corrected chi connectivity index (χ3v) is 4.97. The molecular formula is C22H21N3O3. The van der Waals surface area contributed by atoms with Gasteiger partial charge < -0.3 is 9.64 Å². The van der Waals surface area contributed by atoms with Crippen LogP contribution in [0, 0.1) is 6.92 Å². The molecule has 0 bridgehead atoms. The van der Waals surface area contributed by atoms with E-state index in [2.05, 4.69) is 5.10 Å². The average Bonchev–Trinajstić information content (AvgIpc) is 3.13. The van der Waals surface area contributed by atoms with Gasteiger partial charge in [0.25, 0.3) is 5.91 Å². The molecule has 0 N–H and O–H groups in total. The standard InChI is InChI=1S/C22H21N3O3/c1-16-19(14-23-25(16)18-10-3-2-4-11-18)22(27)28-15-21(26)24-13-7-9-17-8-5-6-12-20(17)24/h2-6,8,10-12,14H,7,9,13,15H2,1H3. The summed E-state index contributed by atoms with van der Waals surface area (Å²) >= 11 is 0. The van der Waals surface area contributed by atoms with Crippen molar-refractivity contribution < 1.29 is 14.3 Å². The molecular weight excluding hydrogens is 354 g/mol. The summed E-state index contributed by atoms with van der Waals surface area (Å²) in [5.41, 5.74) is 3.94. The zero-order valence-electron chi connectivity index (χ0n) is 15.7. The van der Waals surface area contributed by atoms with Crippen LogP contribution in [0.15, 0.2) is 60.8 Å². The van der Waals surface area contributed by atoms with Gasteiger partial charge in [0.15, 0.2) is 6.61 Å². The van der Waals surface area contributed by atoms with E-state index < -0.39 is 5.97 Å². The van der Waals surface area contributed by atoms with E-state index in [1.54, 1.807) is 16.5 Å². The molecule has 6 heteroatoms. The lowest BCUT2D eigenvalue weighted by atomic mass is 10.0. The maximum Gasteiger partial charge on any atom is 0.342 e. The zero-order chi connectivity index (χ0) is 19.5. The monoisotopic (exact) mass is 375 g/mol. The van der Waals surface area contributed by atoms with Gasteiger partial charge in [-0.05, 0) is 43.5 Å². The lowest BCUT2D eigenvalue weighted by molar-refractivity contribution is -0.121. The van der Waals surface area contributed by atoms with Crippen LogP contribution in [-0.2, 0) is 16.0 Å². The molecule has 0 unspecified atom stereocenters. The van der Waals surface area contributed by atoms with Gasteiger partial charge in [0.1, 0.15) is 5.56 Å². The first-order valence-corrected chi connectivity index (χ1v) is 9.30. The number of esters is 1. The van der Waals surface area contributed by atoms with Gasteiger partial charge in [0.2, 0.25) is 0 Å². The van der Waals surface area contributed by atoms with Gasteiger partial charge in [-0.1, -0.05) is 36.4 Å². The number of hydrogen-bond acceptors (Lipinski definition) is 4. The minimum Gasteiger partial charge on any atom is -0.452 e. The summed E-state index contributed by atoms with van der Waals surface area (Å²) in [7, 11) is 0. The second kappa shape index (κ2) is 7.68. The minimum atomic E-state index is -0.543. The number of fused-ring (bicyclic) bond motifs is 1. The van der Waals surface area contributed by atoms with Crippen molar-refractivity contribution >= 4 is 17.6 Å². The van der Waals surface area contributed by atoms with Crippen molar-refractivity contribution in [2.24, 2.45) is 0 Å². The summed E-state index contributed by atoms with van der Waals surface area (Å²) in [6, 6.07) is 17.4. The van der Waals surface area contributed by atoms with Crippen LogP contribution in [0.3, 0.4) is 0 Å². The predicted molar refractivity (Wildman–Crippen MR) is 106 cm³/mol. The van der Waals surface area contributed by atoms with E-state index in [-0.39, 0.29) is 12.5 Å². The molecule has 142 valence electrons. The maximum atomic E-state index is 12.6. The summed E-state index contributed by atoms with van der Waals surface area (Å²) in [4.78, 5) is 26.8. The molecule has 2 aromatic carbocycles. The predicted octanol–water partition coefficient (Wildman–Crippen LogP) is 3.32. The fourth-order valence-corrected chi connectivity index (χ4v) is 3.52. The van der Waals surface area contributed by atoms with Crippen molar-refractivity contribution in [1.82, 2.24) is 9.78 Å². The maximum absolute atomic E-state index is 12.6. The van der Waals surface area contributed by atoms with Gasteiger partial charge in [-0.2, -0.15) is 5.10 Å². The number of rotatable bonds is 4. The zero-order valence-corrected chi connectivity index (χ0v) is 15.7. The van der Waals surface area contributed by atoms with E-state index >= 15 is 0 Å². The normalized spacial score (nSPS) is 13.1. The fourth-order valence-electron chi connectivity index (χ4n) is 3.52. The summed E-state index contributed by atoms with van der Waals surface area (Å²) in [6.07, 6.45) is 3.34. The first-order valence-electron chi connectivity index (χ1n) is 9.30. The van der Waals surface area contributed by atoms with E-state index in [0.717, 1.165) is 29.8 Å². The smallest absolute Gasteiger partial charge is 0.342 e. The molecule has 0 spiro atoms. The largest absolute Gasteiger partial charge is 0.452 e. The number of ether oxygens (including phenoxy) is 1. The number of nitrogens with zero attached hydrogens (tertiary/aromatic N) is 3. The Kier molecular flexibility index (Phi) is 4.93. The molecule has 1 amide bonds. The Morgan fingerprint density at radius 3 is 2.64 bits per heavy atom. The Morgan fingerprint density at radius 1 is 1.07 bits per heavy atom. The summed E-state index contributed by atoms with van der Waals surface area (Å²) < 4.78 is 6.98. The molecule has 0 saturated carbocycles. The molecule has 0 aliphatic carbocycles. The Balaban J connectivity index is 1.44. The van der Waals surface area contributed by atoms with Crippen LogP contribution in [0.2, 0.25) is 0 Å². The van der Waals surface area contributed by atoms with E-state index in [1.807, 2.05) is 54.6 Å². The summed E-state index contributed by atoms with van der Waals surface area (Å²) in [6.45, 7) is 2.15. The molecule has 1 aliphatic heterocycles. The van der Waals surface area contributed by atoms with E-state index in [0.29, 0.717) is 17.8 Å². The Labute approximate surface area is 163 Å². The minimum absolute atomic E-state index is 0.214. The van der Waals surface area contributed by atoms with Gasteiger partial charge >= 0.3 is 5.97 Å².